The molecule has 0 aliphatic rings. The summed E-state index contributed by atoms with van der Waals surface area (Å²) in [5, 5.41) is 0. The van der Waals surface area contributed by atoms with Crippen molar-refractivity contribution >= 4 is 8.80 Å². The van der Waals surface area contributed by atoms with Gasteiger partial charge in [-0.3, -0.25) is 0 Å². The fourth-order valence-electron chi connectivity index (χ4n) is 2.15. The van der Waals surface area contributed by atoms with Gasteiger partial charge >= 0.3 is 8.80 Å². The first-order chi connectivity index (χ1) is 11.1. The van der Waals surface area contributed by atoms with Gasteiger partial charge < -0.3 is 22.8 Å². The zero-order chi connectivity index (χ0) is 17.3. The highest BCUT2D eigenvalue weighted by Crippen LogP contribution is 2.35. The quantitative estimate of drug-likeness (QED) is 0.541. The van der Waals surface area contributed by atoms with Crippen LogP contribution in [-0.2, 0) is 19.7 Å². The van der Waals surface area contributed by atoms with Crippen LogP contribution in [0.25, 0.3) is 0 Å². The molecule has 0 N–H and O–H groups in total. The molecule has 120 valence electrons. The number of hydrogen-bond donors (Lipinski definition) is 0. The van der Waals surface area contributed by atoms with Crippen LogP contribution >= 0.6 is 0 Å². The standard InChI is InChI=1S/C17H18O5Si/c1-7-20-23(21-8-2,22-9-3)13-12-15-11-10-14(4)16(18-5)17(15)19-6/h1-3,10-11H,12-13H2,4-6H3. The Bertz CT molecular complexity index is 622. The second-order valence-corrected chi connectivity index (χ2v) is 6.93. The highest BCUT2D eigenvalue weighted by Gasteiger charge is 2.48. The molecule has 0 aliphatic heterocycles. The molecule has 0 aliphatic carbocycles. The SMILES string of the molecule is C#CO[Si](CCc1ccc(C)c(OC)c1OC)(OC#C)OC#C. The van der Waals surface area contributed by atoms with Crippen LogP contribution in [0, 0.1) is 44.5 Å². The molecule has 5 nitrogen and oxygen atoms in total. The third kappa shape index (κ3) is 4.29. The Morgan fingerprint density at radius 1 is 0.913 bits per heavy atom. The van der Waals surface area contributed by atoms with Crippen molar-refractivity contribution in [2.45, 2.75) is 19.4 Å². The Balaban J connectivity index is 3.09. The van der Waals surface area contributed by atoms with Gasteiger partial charge in [0.1, 0.15) is 0 Å². The largest absolute Gasteiger partial charge is 0.725 e. The number of rotatable bonds is 8. The minimum absolute atomic E-state index is 0.286. The van der Waals surface area contributed by atoms with Crippen molar-refractivity contribution in [1.29, 1.82) is 0 Å². The maximum atomic E-state index is 5.44. The van der Waals surface area contributed by atoms with Crippen molar-refractivity contribution in [2.24, 2.45) is 0 Å². The molecule has 0 fully saturated rings. The van der Waals surface area contributed by atoms with Gasteiger partial charge in [-0.25, -0.2) is 0 Å². The predicted octanol–water partition coefficient (Wildman–Crippen LogP) is 2.32. The second kappa shape index (κ2) is 8.53. The predicted molar refractivity (Wildman–Crippen MR) is 88.3 cm³/mol. The molecule has 0 aromatic heterocycles. The fraction of sp³-hybridized carbons (Fsp3) is 0.294. The number of aryl methyl sites for hydroxylation is 2. The van der Waals surface area contributed by atoms with E-state index in [1.54, 1.807) is 14.2 Å². The first-order valence-electron chi connectivity index (χ1n) is 6.68. The summed E-state index contributed by atoms with van der Waals surface area (Å²) in [5.41, 5.74) is 1.82. The summed E-state index contributed by atoms with van der Waals surface area (Å²) in [6.45, 7) is 1.93. The van der Waals surface area contributed by atoms with Crippen LogP contribution in [0.15, 0.2) is 12.1 Å². The van der Waals surface area contributed by atoms with E-state index in [9.17, 15) is 0 Å². The van der Waals surface area contributed by atoms with Gasteiger partial charge in [0.25, 0.3) is 0 Å². The molecular formula is C17H18O5Si. The zero-order valence-electron chi connectivity index (χ0n) is 13.3. The molecule has 1 rings (SSSR count). The van der Waals surface area contributed by atoms with Crippen LogP contribution in [0.3, 0.4) is 0 Å². The average Bonchev–Trinajstić information content (AvgIpc) is 2.54. The van der Waals surface area contributed by atoms with Crippen molar-refractivity contribution in [2.75, 3.05) is 14.2 Å². The number of methoxy groups -OCH3 is 2. The normalized spacial score (nSPS) is 9.74. The number of terminal acetylenes is 3. The molecule has 0 spiro atoms. The Morgan fingerprint density at radius 2 is 1.43 bits per heavy atom. The molecule has 1 aromatic rings. The van der Waals surface area contributed by atoms with E-state index in [4.69, 9.17) is 42.0 Å². The Kier molecular flexibility index (Phi) is 6.74. The summed E-state index contributed by atoms with van der Waals surface area (Å²) in [6, 6.07) is 4.12. The highest BCUT2D eigenvalue weighted by molar-refractivity contribution is 6.61. The first-order valence-corrected chi connectivity index (χ1v) is 8.62. The summed E-state index contributed by atoms with van der Waals surface area (Å²) in [4.78, 5) is 0. The lowest BCUT2D eigenvalue weighted by Crippen LogP contribution is -2.42. The van der Waals surface area contributed by atoms with Crippen molar-refractivity contribution in [3.63, 3.8) is 0 Å². The van der Waals surface area contributed by atoms with E-state index in [2.05, 4.69) is 0 Å². The summed E-state index contributed by atoms with van der Waals surface area (Å²) in [6.07, 6.45) is 22.1. The van der Waals surface area contributed by atoms with Gasteiger partial charge in [0.15, 0.2) is 11.5 Å². The van der Waals surface area contributed by atoms with E-state index in [1.165, 1.54) is 0 Å². The smallest absolute Gasteiger partial charge is 0.493 e. The second-order valence-electron chi connectivity index (χ2n) is 4.45. The van der Waals surface area contributed by atoms with Gasteiger partial charge in [-0.15, -0.1) is 0 Å². The van der Waals surface area contributed by atoms with Crippen LogP contribution < -0.4 is 9.47 Å². The molecule has 0 saturated carbocycles. The topological polar surface area (TPSA) is 46.2 Å². The van der Waals surface area contributed by atoms with Gasteiger partial charge in [0, 0.05) is 0 Å². The third-order valence-electron chi connectivity index (χ3n) is 3.14. The summed E-state index contributed by atoms with van der Waals surface area (Å²) in [7, 11) is -0.210. The lowest BCUT2D eigenvalue weighted by Gasteiger charge is -2.22. The van der Waals surface area contributed by atoms with E-state index in [0.717, 1.165) is 11.1 Å². The van der Waals surface area contributed by atoms with Crippen LogP contribution in [0.2, 0.25) is 6.04 Å². The highest BCUT2D eigenvalue weighted by atomic mass is 28.4. The van der Waals surface area contributed by atoms with Crippen LogP contribution in [0.1, 0.15) is 11.1 Å². The minimum atomic E-state index is -3.36. The third-order valence-corrected chi connectivity index (χ3v) is 5.29. The van der Waals surface area contributed by atoms with E-state index in [0.29, 0.717) is 17.9 Å². The van der Waals surface area contributed by atoms with Crippen LogP contribution in [0.4, 0.5) is 0 Å². The van der Waals surface area contributed by atoms with Crippen LogP contribution in [-0.4, -0.2) is 23.0 Å². The number of benzene rings is 1. The molecule has 23 heavy (non-hydrogen) atoms. The molecule has 0 atom stereocenters. The zero-order valence-corrected chi connectivity index (χ0v) is 14.3. The van der Waals surface area contributed by atoms with Crippen molar-refractivity contribution < 1.29 is 22.8 Å². The van der Waals surface area contributed by atoms with E-state index in [1.807, 2.05) is 37.4 Å². The maximum Gasteiger partial charge on any atom is 0.725 e. The van der Waals surface area contributed by atoms with Gasteiger partial charge in [-0.1, -0.05) is 31.4 Å². The molecule has 1 aromatic carbocycles. The molecule has 0 saturated heterocycles. The molecule has 0 amide bonds. The van der Waals surface area contributed by atoms with Crippen LogP contribution in [0.5, 0.6) is 11.5 Å². The summed E-state index contributed by atoms with van der Waals surface area (Å²) >= 11 is 0. The van der Waals surface area contributed by atoms with Gasteiger partial charge in [-0.05, 0) is 24.5 Å². The van der Waals surface area contributed by atoms with Crippen molar-refractivity contribution in [1.82, 2.24) is 0 Å². The number of ether oxygens (including phenoxy) is 2. The lowest BCUT2D eigenvalue weighted by atomic mass is 10.1. The molecular weight excluding hydrogens is 312 g/mol. The molecule has 0 heterocycles. The Hall–Kier alpha value is -2.88. The summed E-state index contributed by atoms with van der Waals surface area (Å²) < 4.78 is 26.3. The van der Waals surface area contributed by atoms with Gasteiger partial charge in [0.2, 0.25) is 0 Å². The molecule has 0 bridgehead atoms. The van der Waals surface area contributed by atoms with Crippen molar-refractivity contribution in [3.05, 3.63) is 23.3 Å². The molecule has 6 heteroatoms. The fourth-order valence-corrected chi connectivity index (χ4v) is 3.69. The maximum absolute atomic E-state index is 5.44. The summed E-state index contributed by atoms with van der Waals surface area (Å²) in [5.74, 6) is 1.28. The minimum Gasteiger partial charge on any atom is -0.493 e. The monoisotopic (exact) mass is 330 g/mol. The first kappa shape index (κ1) is 18.2. The lowest BCUT2D eigenvalue weighted by molar-refractivity contribution is 0.212. The molecule has 0 radical (unpaired) electrons. The Morgan fingerprint density at radius 3 is 1.87 bits per heavy atom. The van der Waals surface area contributed by atoms with E-state index >= 15 is 0 Å². The van der Waals surface area contributed by atoms with Crippen molar-refractivity contribution in [3.8, 4) is 49.1 Å². The van der Waals surface area contributed by atoms with E-state index in [-0.39, 0.29) is 6.04 Å². The van der Waals surface area contributed by atoms with Gasteiger partial charge in [0.05, 0.1) is 38.6 Å². The molecule has 0 unspecified atom stereocenters. The van der Waals surface area contributed by atoms with E-state index < -0.39 is 8.80 Å². The van der Waals surface area contributed by atoms with Gasteiger partial charge in [-0.2, -0.15) is 0 Å². The Labute approximate surface area is 138 Å². The average molecular weight is 330 g/mol. The number of hydrogen-bond acceptors (Lipinski definition) is 5.